The number of hydrogen-bond acceptors (Lipinski definition) is 5. The lowest BCUT2D eigenvalue weighted by atomic mass is 10.1. The number of aromatic nitrogens is 2. The Labute approximate surface area is 173 Å². The molecule has 1 unspecified atom stereocenters. The standard InChI is InChI=1S/C23H21N3O4/c27-19(16-30-20-12-10-18(11-13-20)26(28)29)15-25-22-9-5-4-8-21(22)24-23(25)14-17-6-2-1-3-7-17/h1-13,19,27H,14-16H2. The molecule has 0 aliphatic heterocycles. The van der Waals surface area contributed by atoms with Crippen LogP contribution in [-0.4, -0.2) is 32.3 Å². The molecule has 7 heteroatoms. The number of imidazole rings is 1. The van der Waals surface area contributed by atoms with Gasteiger partial charge in [0.1, 0.15) is 24.3 Å². The van der Waals surface area contributed by atoms with Gasteiger partial charge in [0, 0.05) is 18.6 Å². The highest BCUT2D eigenvalue weighted by atomic mass is 16.6. The van der Waals surface area contributed by atoms with Crippen molar-refractivity contribution in [3.05, 3.63) is 100 Å². The number of nitrogens with zero attached hydrogens (tertiary/aromatic N) is 3. The Hall–Kier alpha value is -3.71. The molecule has 1 N–H and O–H groups in total. The zero-order valence-corrected chi connectivity index (χ0v) is 16.2. The molecule has 0 saturated heterocycles. The van der Waals surface area contributed by atoms with Gasteiger partial charge in [-0.05, 0) is 29.8 Å². The van der Waals surface area contributed by atoms with Gasteiger partial charge in [-0.25, -0.2) is 4.98 Å². The normalized spacial score (nSPS) is 12.0. The van der Waals surface area contributed by atoms with E-state index in [1.54, 1.807) is 0 Å². The molecule has 1 aromatic heterocycles. The van der Waals surface area contributed by atoms with Crippen LogP contribution in [0.5, 0.6) is 5.75 Å². The largest absolute Gasteiger partial charge is 0.491 e. The number of aliphatic hydroxyl groups is 1. The van der Waals surface area contributed by atoms with Crippen molar-refractivity contribution in [3.63, 3.8) is 0 Å². The van der Waals surface area contributed by atoms with Gasteiger partial charge in [-0.15, -0.1) is 0 Å². The van der Waals surface area contributed by atoms with Crippen molar-refractivity contribution in [2.45, 2.75) is 19.1 Å². The third-order valence-electron chi connectivity index (χ3n) is 4.82. The molecule has 152 valence electrons. The van der Waals surface area contributed by atoms with Crippen molar-refractivity contribution in [1.82, 2.24) is 9.55 Å². The van der Waals surface area contributed by atoms with E-state index in [9.17, 15) is 15.2 Å². The van der Waals surface area contributed by atoms with Crippen LogP contribution in [-0.2, 0) is 13.0 Å². The molecule has 0 bridgehead atoms. The van der Waals surface area contributed by atoms with Crippen LogP contribution in [0.2, 0.25) is 0 Å². The fourth-order valence-electron chi connectivity index (χ4n) is 3.36. The first-order valence-electron chi connectivity index (χ1n) is 9.63. The second kappa shape index (κ2) is 8.75. The minimum Gasteiger partial charge on any atom is -0.491 e. The van der Waals surface area contributed by atoms with Crippen LogP contribution >= 0.6 is 0 Å². The molecular formula is C23H21N3O4. The van der Waals surface area contributed by atoms with Gasteiger partial charge in [0.05, 0.1) is 22.5 Å². The van der Waals surface area contributed by atoms with E-state index in [-0.39, 0.29) is 12.3 Å². The smallest absolute Gasteiger partial charge is 0.269 e. The third-order valence-corrected chi connectivity index (χ3v) is 4.82. The van der Waals surface area contributed by atoms with Crippen molar-refractivity contribution in [2.75, 3.05) is 6.61 Å². The first-order valence-corrected chi connectivity index (χ1v) is 9.63. The van der Waals surface area contributed by atoms with Gasteiger partial charge in [0.2, 0.25) is 0 Å². The van der Waals surface area contributed by atoms with E-state index >= 15 is 0 Å². The Balaban J connectivity index is 1.49. The summed E-state index contributed by atoms with van der Waals surface area (Å²) in [5, 5.41) is 21.3. The molecule has 1 atom stereocenters. The SMILES string of the molecule is O=[N+]([O-])c1ccc(OCC(O)Cn2c(Cc3ccccc3)nc3ccccc32)cc1. The quantitative estimate of drug-likeness (QED) is 0.355. The molecule has 3 aromatic carbocycles. The van der Waals surface area contributed by atoms with Crippen molar-refractivity contribution in [1.29, 1.82) is 0 Å². The number of nitro benzene ring substituents is 1. The fraction of sp³-hybridized carbons (Fsp3) is 0.174. The first-order chi connectivity index (χ1) is 14.6. The molecule has 4 rings (SSSR count). The Bertz CT molecular complexity index is 1140. The van der Waals surface area contributed by atoms with E-state index in [1.165, 1.54) is 24.3 Å². The van der Waals surface area contributed by atoms with Crippen LogP contribution in [0.15, 0.2) is 78.9 Å². The van der Waals surface area contributed by atoms with Gasteiger partial charge >= 0.3 is 0 Å². The Morgan fingerprint density at radius 3 is 2.43 bits per heavy atom. The Morgan fingerprint density at radius 2 is 1.70 bits per heavy atom. The summed E-state index contributed by atoms with van der Waals surface area (Å²) in [4.78, 5) is 15.0. The maximum Gasteiger partial charge on any atom is 0.269 e. The van der Waals surface area contributed by atoms with E-state index < -0.39 is 11.0 Å². The highest BCUT2D eigenvalue weighted by Gasteiger charge is 2.15. The van der Waals surface area contributed by atoms with Gasteiger partial charge in [0.25, 0.3) is 5.69 Å². The Kier molecular flexibility index (Phi) is 5.72. The van der Waals surface area contributed by atoms with Crippen LogP contribution in [0.25, 0.3) is 11.0 Å². The summed E-state index contributed by atoms with van der Waals surface area (Å²) >= 11 is 0. The number of ether oxygens (including phenoxy) is 1. The lowest BCUT2D eigenvalue weighted by Crippen LogP contribution is -2.24. The molecule has 0 spiro atoms. The van der Waals surface area contributed by atoms with E-state index in [4.69, 9.17) is 9.72 Å². The monoisotopic (exact) mass is 403 g/mol. The van der Waals surface area contributed by atoms with Gasteiger partial charge in [-0.2, -0.15) is 0 Å². The van der Waals surface area contributed by atoms with Crippen LogP contribution < -0.4 is 4.74 Å². The number of nitro groups is 1. The van der Waals surface area contributed by atoms with Crippen LogP contribution in [0.1, 0.15) is 11.4 Å². The van der Waals surface area contributed by atoms with Gasteiger partial charge < -0.3 is 14.4 Å². The number of rotatable bonds is 8. The third kappa shape index (κ3) is 4.47. The van der Waals surface area contributed by atoms with Crippen LogP contribution in [0.4, 0.5) is 5.69 Å². The highest BCUT2D eigenvalue weighted by Crippen LogP contribution is 2.20. The molecule has 0 amide bonds. The zero-order chi connectivity index (χ0) is 20.9. The van der Waals surface area contributed by atoms with E-state index in [0.717, 1.165) is 22.4 Å². The molecule has 0 fully saturated rings. The van der Waals surface area contributed by atoms with Crippen molar-refractivity contribution >= 4 is 16.7 Å². The maximum atomic E-state index is 10.7. The molecule has 30 heavy (non-hydrogen) atoms. The average Bonchev–Trinajstić information content (AvgIpc) is 3.10. The molecule has 0 radical (unpaired) electrons. The van der Waals surface area contributed by atoms with E-state index in [1.807, 2.05) is 47.0 Å². The van der Waals surface area contributed by atoms with Crippen LogP contribution in [0, 0.1) is 10.1 Å². The first kappa shape index (κ1) is 19.6. The van der Waals surface area contributed by atoms with Crippen molar-refractivity contribution < 1.29 is 14.8 Å². The van der Waals surface area contributed by atoms with Crippen molar-refractivity contribution in [3.8, 4) is 5.75 Å². The summed E-state index contributed by atoms with van der Waals surface area (Å²) in [7, 11) is 0. The maximum absolute atomic E-state index is 10.7. The molecule has 0 aliphatic carbocycles. The number of aliphatic hydroxyl groups excluding tert-OH is 1. The summed E-state index contributed by atoms with van der Waals surface area (Å²) in [6.07, 6.45) is -0.113. The summed E-state index contributed by atoms with van der Waals surface area (Å²) in [5.41, 5.74) is 2.98. The van der Waals surface area contributed by atoms with Gasteiger partial charge in [-0.1, -0.05) is 42.5 Å². The molecule has 0 aliphatic rings. The minimum absolute atomic E-state index is 0.00154. The predicted molar refractivity (Wildman–Crippen MR) is 114 cm³/mol. The van der Waals surface area contributed by atoms with Gasteiger partial charge in [0.15, 0.2) is 0 Å². The number of non-ortho nitro benzene ring substituents is 1. The second-order valence-corrected chi connectivity index (χ2v) is 7.01. The minimum atomic E-state index is -0.771. The number of hydrogen-bond donors (Lipinski definition) is 1. The summed E-state index contributed by atoms with van der Waals surface area (Å²) in [6.45, 7) is 0.394. The fourth-order valence-corrected chi connectivity index (χ4v) is 3.36. The number of para-hydroxylation sites is 2. The Morgan fingerprint density at radius 1 is 1.00 bits per heavy atom. The summed E-state index contributed by atoms with van der Waals surface area (Å²) in [6, 6.07) is 23.7. The topological polar surface area (TPSA) is 90.4 Å². The van der Waals surface area contributed by atoms with Gasteiger partial charge in [-0.3, -0.25) is 10.1 Å². The number of benzene rings is 3. The zero-order valence-electron chi connectivity index (χ0n) is 16.2. The average molecular weight is 403 g/mol. The highest BCUT2D eigenvalue weighted by molar-refractivity contribution is 5.76. The molecular weight excluding hydrogens is 382 g/mol. The predicted octanol–water partition coefficient (Wildman–Crippen LogP) is 3.98. The molecule has 1 heterocycles. The van der Waals surface area contributed by atoms with E-state index in [0.29, 0.717) is 18.7 Å². The van der Waals surface area contributed by atoms with E-state index in [2.05, 4.69) is 12.1 Å². The van der Waals surface area contributed by atoms with Crippen LogP contribution in [0.3, 0.4) is 0 Å². The van der Waals surface area contributed by atoms with Crippen molar-refractivity contribution in [2.24, 2.45) is 0 Å². The number of fused-ring (bicyclic) bond motifs is 1. The second-order valence-electron chi connectivity index (χ2n) is 7.01. The lowest BCUT2D eigenvalue weighted by molar-refractivity contribution is -0.384. The lowest BCUT2D eigenvalue weighted by Gasteiger charge is -2.16. The molecule has 4 aromatic rings. The molecule has 7 nitrogen and oxygen atoms in total. The molecule has 0 saturated carbocycles. The summed E-state index contributed by atoms with van der Waals surface area (Å²) in [5.74, 6) is 1.34. The summed E-state index contributed by atoms with van der Waals surface area (Å²) < 4.78 is 7.64.